The normalized spacial score (nSPS) is 24.1. The Bertz CT molecular complexity index is 400. The van der Waals surface area contributed by atoms with Gasteiger partial charge < -0.3 is 14.9 Å². The van der Waals surface area contributed by atoms with E-state index in [1.54, 1.807) is 6.07 Å². The summed E-state index contributed by atoms with van der Waals surface area (Å²) in [4.78, 5) is 10.7. The molecule has 0 amide bonds. The Morgan fingerprint density at radius 3 is 2.93 bits per heavy atom. The molecule has 1 aliphatic rings. The van der Waals surface area contributed by atoms with E-state index in [4.69, 9.17) is 9.84 Å². The molecule has 1 aliphatic heterocycles. The number of aryl methyl sites for hydroxylation is 1. The number of benzene rings is 1. The standard InChI is InChI=1S/C11H12O4/c1-6-2-3-9-7(4-6)8(12)5-10(15-9)11(13)14/h2-4,8,10,12H,5H2,1H3,(H,13,14). The minimum Gasteiger partial charge on any atom is -0.479 e. The van der Waals surface area contributed by atoms with Gasteiger partial charge in [-0.3, -0.25) is 0 Å². The highest BCUT2D eigenvalue weighted by atomic mass is 16.5. The number of aliphatic hydroxyl groups is 1. The molecule has 0 spiro atoms. The SMILES string of the molecule is Cc1ccc2c(c1)C(O)CC(C(=O)O)O2. The smallest absolute Gasteiger partial charge is 0.345 e. The summed E-state index contributed by atoms with van der Waals surface area (Å²) < 4.78 is 5.26. The topological polar surface area (TPSA) is 66.8 Å². The molecule has 0 radical (unpaired) electrons. The van der Waals surface area contributed by atoms with E-state index < -0.39 is 18.2 Å². The molecule has 0 aromatic heterocycles. The van der Waals surface area contributed by atoms with E-state index in [-0.39, 0.29) is 6.42 Å². The van der Waals surface area contributed by atoms with E-state index in [2.05, 4.69) is 0 Å². The fourth-order valence-corrected chi connectivity index (χ4v) is 1.72. The Balaban J connectivity index is 2.36. The van der Waals surface area contributed by atoms with Gasteiger partial charge in [0.15, 0.2) is 6.10 Å². The Morgan fingerprint density at radius 1 is 1.53 bits per heavy atom. The number of ether oxygens (including phenoxy) is 1. The Labute approximate surface area is 87.1 Å². The molecule has 2 atom stereocenters. The molecular formula is C11H12O4. The van der Waals surface area contributed by atoms with Crippen molar-refractivity contribution in [2.75, 3.05) is 0 Å². The lowest BCUT2D eigenvalue weighted by Crippen LogP contribution is -2.32. The number of aliphatic carboxylic acids is 1. The van der Waals surface area contributed by atoms with Gasteiger partial charge in [-0.2, -0.15) is 0 Å². The molecule has 0 saturated carbocycles. The Hall–Kier alpha value is -1.55. The molecule has 15 heavy (non-hydrogen) atoms. The van der Waals surface area contributed by atoms with Gasteiger partial charge in [0.2, 0.25) is 0 Å². The van der Waals surface area contributed by atoms with Crippen molar-refractivity contribution in [3.8, 4) is 5.75 Å². The van der Waals surface area contributed by atoms with E-state index in [1.807, 2.05) is 19.1 Å². The first kappa shape index (κ1) is 9.98. The van der Waals surface area contributed by atoms with Crippen LogP contribution in [0.25, 0.3) is 0 Å². The first-order valence-electron chi connectivity index (χ1n) is 4.76. The molecule has 80 valence electrons. The van der Waals surface area contributed by atoms with Crippen LogP contribution in [0.2, 0.25) is 0 Å². The summed E-state index contributed by atoms with van der Waals surface area (Å²) in [5, 5.41) is 18.6. The fourth-order valence-electron chi connectivity index (χ4n) is 1.72. The molecule has 4 nitrogen and oxygen atoms in total. The van der Waals surface area contributed by atoms with Gasteiger partial charge >= 0.3 is 5.97 Å². The van der Waals surface area contributed by atoms with Gasteiger partial charge in [-0.05, 0) is 19.1 Å². The van der Waals surface area contributed by atoms with Crippen LogP contribution in [0.1, 0.15) is 23.7 Å². The average Bonchev–Trinajstić information content (AvgIpc) is 2.18. The van der Waals surface area contributed by atoms with Crippen molar-refractivity contribution in [1.82, 2.24) is 0 Å². The molecule has 0 fully saturated rings. The number of carboxylic acid groups (broad SMARTS) is 1. The largest absolute Gasteiger partial charge is 0.479 e. The summed E-state index contributed by atoms with van der Waals surface area (Å²) in [6, 6.07) is 5.34. The Kier molecular flexibility index (Phi) is 2.36. The summed E-state index contributed by atoms with van der Waals surface area (Å²) in [5.41, 5.74) is 1.69. The highest BCUT2D eigenvalue weighted by Crippen LogP contribution is 2.35. The lowest BCUT2D eigenvalue weighted by atomic mass is 9.97. The number of aliphatic hydroxyl groups excluding tert-OH is 1. The molecular weight excluding hydrogens is 196 g/mol. The lowest BCUT2D eigenvalue weighted by Gasteiger charge is -2.27. The highest BCUT2D eigenvalue weighted by Gasteiger charge is 2.31. The molecule has 2 unspecified atom stereocenters. The van der Waals surface area contributed by atoms with Gasteiger partial charge in [0.05, 0.1) is 6.10 Å². The molecule has 2 N–H and O–H groups in total. The van der Waals surface area contributed by atoms with Crippen LogP contribution in [0.4, 0.5) is 0 Å². The second kappa shape index (κ2) is 3.55. The predicted octanol–water partition coefficient (Wildman–Crippen LogP) is 1.26. The minimum absolute atomic E-state index is 0.103. The summed E-state index contributed by atoms with van der Waals surface area (Å²) in [5.74, 6) is -0.577. The quantitative estimate of drug-likeness (QED) is 0.729. The van der Waals surface area contributed by atoms with Gasteiger partial charge in [-0.15, -0.1) is 0 Å². The van der Waals surface area contributed by atoms with Crippen molar-refractivity contribution in [2.24, 2.45) is 0 Å². The Morgan fingerprint density at radius 2 is 2.27 bits per heavy atom. The molecule has 1 aromatic rings. The van der Waals surface area contributed by atoms with Crippen LogP contribution in [0, 0.1) is 6.92 Å². The molecule has 0 saturated heterocycles. The first-order valence-corrected chi connectivity index (χ1v) is 4.76. The van der Waals surface area contributed by atoms with Crippen LogP contribution in [0.3, 0.4) is 0 Å². The van der Waals surface area contributed by atoms with Crippen molar-refractivity contribution in [2.45, 2.75) is 25.6 Å². The average molecular weight is 208 g/mol. The fraction of sp³-hybridized carbons (Fsp3) is 0.364. The highest BCUT2D eigenvalue weighted by molar-refractivity contribution is 5.73. The zero-order chi connectivity index (χ0) is 11.0. The van der Waals surface area contributed by atoms with Gasteiger partial charge in [-0.1, -0.05) is 11.6 Å². The van der Waals surface area contributed by atoms with Crippen LogP contribution in [-0.2, 0) is 4.79 Å². The maximum absolute atomic E-state index is 10.7. The predicted molar refractivity (Wildman–Crippen MR) is 52.8 cm³/mol. The third-order valence-corrected chi connectivity index (χ3v) is 2.51. The number of hydrogen-bond donors (Lipinski definition) is 2. The van der Waals surface area contributed by atoms with Gasteiger partial charge in [0.25, 0.3) is 0 Å². The van der Waals surface area contributed by atoms with E-state index >= 15 is 0 Å². The third-order valence-electron chi connectivity index (χ3n) is 2.51. The maximum Gasteiger partial charge on any atom is 0.345 e. The summed E-state index contributed by atoms with van der Waals surface area (Å²) >= 11 is 0. The van der Waals surface area contributed by atoms with Crippen LogP contribution in [0.5, 0.6) is 5.75 Å². The third kappa shape index (κ3) is 1.80. The van der Waals surface area contributed by atoms with Gasteiger partial charge in [0, 0.05) is 12.0 Å². The van der Waals surface area contributed by atoms with Crippen LogP contribution in [-0.4, -0.2) is 22.3 Å². The van der Waals surface area contributed by atoms with E-state index in [1.165, 1.54) is 0 Å². The lowest BCUT2D eigenvalue weighted by molar-refractivity contribution is -0.147. The maximum atomic E-state index is 10.7. The van der Waals surface area contributed by atoms with Crippen molar-refractivity contribution in [1.29, 1.82) is 0 Å². The molecule has 4 heteroatoms. The molecule has 1 heterocycles. The van der Waals surface area contributed by atoms with E-state index in [9.17, 15) is 9.90 Å². The first-order chi connectivity index (χ1) is 7.08. The van der Waals surface area contributed by atoms with Crippen LogP contribution >= 0.6 is 0 Å². The van der Waals surface area contributed by atoms with Gasteiger partial charge in [0.1, 0.15) is 5.75 Å². The summed E-state index contributed by atoms with van der Waals surface area (Å²) in [7, 11) is 0. The van der Waals surface area contributed by atoms with Crippen molar-refractivity contribution >= 4 is 5.97 Å². The molecule has 2 rings (SSSR count). The zero-order valence-corrected chi connectivity index (χ0v) is 8.30. The van der Waals surface area contributed by atoms with Gasteiger partial charge in [-0.25, -0.2) is 4.79 Å². The zero-order valence-electron chi connectivity index (χ0n) is 8.30. The van der Waals surface area contributed by atoms with Crippen LogP contribution in [0.15, 0.2) is 18.2 Å². The number of carboxylic acids is 1. The van der Waals surface area contributed by atoms with E-state index in [0.717, 1.165) is 5.56 Å². The number of fused-ring (bicyclic) bond motifs is 1. The molecule has 1 aromatic carbocycles. The van der Waals surface area contributed by atoms with Crippen molar-refractivity contribution in [3.63, 3.8) is 0 Å². The number of carbonyl (C=O) groups is 1. The summed E-state index contributed by atoms with van der Waals surface area (Å²) in [6.45, 7) is 1.91. The monoisotopic (exact) mass is 208 g/mol. The van der Waals surface area contributed by atoms with E-state index in [0.29, 0.717) is 11.3 Å². The molecule has 0 bridgehead atoms. The minimum atomic E-state index is -1.04. The van der Waals surface area contributed by atoms with Crippen molar-refractivity contribution < 1.29 is 19.7 Å². The number of hydrogen-bond acceptors (Lipinski definition) is 3. The second-order valence-electron chi connectivity index (χ2n) is 3.74. The number of rotatable bonds is 1. The second-order valence-corrected chi connectivity index (χ2v) is 3.74. The van der Waals surface area contributed by atoms with Crippen molar-refractivity contribution in [3.05, 3.63) is 29.3 Å². The molecule has 0 aliphatic carbocycles. The summed E-state index contributed by atoms with van der Waals surface area (Å²) in [6.07, 6.45) is -1.60. The van der Waals surface area contributed by atoms with Crippen LogP contribution < -0.4 is 4.74 Å².